The maximum atomic E-state index is 13.8. The molecule has 0 bridgehead atoms. The molecule has 0 aliphatic carbocycles. The zero-order valence-corrected chi connectivity index (χ0v) is 11.3. The van der Waals surface area contributed by atoms with E-state index in [0.717, 1.165) is 11.3 Å². The number of benzene rings is 1. The van der Waals surface area contributed by atoms with Crippen molar-refractivity contribution in [1.82, 2.24) is 10.2 Å². The van der Waals surface area contributed by atoms with Crippen LogP contribution >= 0.6 is 11.6 Å². The second-order valence-corrected chi connectivity index (χ2v) is 4.46. The lowest BCUT2D eigenvalue weighted by Crippen LogP contribution is -2.07. The summed E-state index contributed by atoms with van der Waals surface area (Å²) >= 11 is 5.69. The number of aryl methyl sites for hydroxylation is 1. The summed E-state index contributed by atoms with van der Waals surface area (Å²) in [4.78, 5) is 0. The van der Waals surface area contributed by atoms with Crippen molar-refractivity contribution in [2.75, 3.05) is 0 Å². The molecule has 0 aliphatic rings. The maximum Gasteiger partial charge on any atom is 0.243 e. The second-order valence-electron chi connectivity index (χ2n) is 4.05. The normalized spacial score (nSPS) is 10.6. The number of ether oxygens (including phenoxy) is 1. The third kappa shape index (κ3) is 2.67. The summed E-state index contributed by atoms with van der Waals surface area (Å²) in [5, 5.41) is 7.85. The van der Waals surface area contributed by atoms with Crippen LogP contribution in [0.2, 0.25) is 5.02 Å². The molecular weight excluding hydrogens is 269 g/mol. The van der Waals surface area contributed by atoms with Crippen LogP contribution in [0.25, 0.3) is 0 Å². The lowest BCUT2D eigenvalue weighted by Gasteiger charge is -2.12. The van der Waals surface area contributed by atoms with E-state index in [9.17, 15) is 4.39 Å². The lowest BCUT2D eigenvalue weighted by atomic mass is 10.1. The fourth-order valence-corrected chi connectivity index (χ4v) is 1.79. The maximum absolute atomic E-state index is 13.8. The number of nitrogens with zero attached hydrogens (tertiary/aromatic N) is 2. The van der Waals surface area contributed by atoms with Gasteiger partial charge in [-0.05, 0) is 31.5 Å². The van der Waals surface area contributed by atoms with E-state index in [1.807, 2.05) is 13.8 Å². The first kappa shape index (κ1) is 13.7. The molecule has 0 saturated carbocycles. The van der Waals surface area contributed by atoms with Crippen LogP contribution in [0, 0.1) is 19.7 Å². The fourth-order valence-electron chi connectivity index (χ4n) is 1.62. The van der Waals surface area contributed by atoms with E-state index in [4.69, 9.17) is 22.1 Å². The zero-order valence-electron chi connectivity index (χ0n) is 10.6. The van der Waals surface area contributed by atoms with Crippen LogP contribution in [0.4, 0.5) is 4.39 Å². The van der Waals surface area contributed by atoms with Gasteiger partial charge in [-0.3, -0.25) is 0 Å². The molecule has 1 heterocycles. The summed E-state index contributed by atoms with van der Waals surface area (Å²) in [5.41, 5.74) is 8.02. The molecular formula is C13H13ClFN3O. The first-order chi connectivity index (χ1) is 9.04. The molecule has 19 heavy (non-hydrogen) atoms. The van der Waals surface area contributed by atoms with Crippen LogP contribution in [0.3, 0.4) is 0 Å². The van der Waals surface area contributed by atoms with Gasteiger partial charge in [0.2, 0.25) is 5.88 Å². The third-order valence-electron chi connectivity index (χ3n) is 2.87. The molecule has 0 radical (unpaired) electrons. The Kier molecular flexibility index (Phi) is 3.97. The molecule has 2 aromatic rings. The molecule has 1 aromatic heterocycles. The average molecular weight is 282 g/mol. The third-order valence-corrected chi connectivity index (χ3v) is 3.16. The molecule has 0 aliphatic heterocycles. The number of nitrogens with two attached hydrogens (primary N) is 1. The first-order valence-corrected chi connectivity index (χ1v) is 6.07. The molecule has 1 aromatic carbocycles. The number of rotatable bonds is 3. The van der Waals surface area contributed by atoms with Gasteiger partial charge >= 0.3 is 0 Å². The summed E-state index contributed by atoms with van der Waals surface area (Å²) in [7, 11) is 0. The van der Waals surface area contributed by atoms with Gasteiger partial charge in [-0.15, -0.1) is 5.10 Å². The Labute approximate surface area is 115 Å². The Bertz CT molecular complexity index is 619. The summed E-state index contributed by atoms with van der Waals surface area (Å²) in [5.74, 6) is -0.432. The lowest BCUT2D eigenvalue weighted by molar-refractivity contribution is 0.415. The SMILES string of the molecule is Cc1nnc(Oc2cccc(Cl)c2F)c(CN)c1C. The highest BCUT2D eigenvalue weighted by Gasteiger charge is 2.15. The Hall–Kier alpha value is -1.72. The van der Waals surface area contributed by atoms with Crippen molar-refractivity contribution < 1.29 is 9.13 Å². The van der Waals surface area contributed by atoms with Gasteiger partial charge in [0.25, 0.3) is 0 Å². The molecule has 0 fully saturated rings. The minimum Gasteiger partial charge on any atom is -0.434 e. The van der Waals surface area contributed by atoms with Crippen LogP contribution in [0.15, 0.2) is 18.2 Å². The van der Waals surface area contributed by atoms with Gasteiger partial charge in [-0.2, -0.15) is 5.10 Å². The quantitative estimate of drug-likeness (QED) is 0.939. The van der Waals surface area contributed by atoms with Gasteiger partial charge in [-0.25, -0.2) is 4.39 Å². The van der Waals surface area contributed by atoms with Crippen LogP contribution in [-0.4, -0.2) is 10.2 Å². The Morgan fingerprint density at radius 1 is 1.32 bits per heavy atom. The molecule has 0 spiro atoms. The van der Waals surface area contributed by atoms with Gasteiger partial charge in [0.15, 0.2) is 11.6 Å². The van der Waals surface area contributed by atoms with Gasteiger partial charge < -0.3 is 10.5 Å². The minimum atomic E-state index is -0.632. The molecule has 4 nitrogen and oxygen atoms in total. The summed E-state index contributed by atoms with van der Waals surface area (Å²) in [6.07, 6.45) is 0. The number of halogens is 2. The van der Waals surface area contributed by atoms with Crippen molar-refractivity contribution in [3.8, 4) is 11.6 Å². The topological polar surface area (TPSA) is 61.0 Å². The van der Waals surface area contributed by atoms with Gasteiger partial charge in [0, 0.05) is 12.1 Å². The molecule has 0 saturated heterocycles. The highest BCUT2D eigenvalue weighted by Crippen LogP contribution is 2.30. The van der Waals surface area contributed by atoms with Crippen molar-refractivity contribution in [2.24, 2.45) is 5.73 Å². The average Bonchev–Trinajstić information content (AvgIpc) is 2.39. The Balaban J connectivity index is 2.44. The number of hydrogen-bond donors (Lipinski definition) is 1. The predicted octanol–water partition coefficient (Wildman–Crippen LogP) is 3.14. The van der Waals surface area contributed by atoms with E-state index in [1.54, 1.807) is 6.07 Å². The van der Waals surface area contributed by atoms with E-state index in [1.165, 1.54) is 12.1 Å². The highest BCUT2D eigenvalue weighted by atomic mass is 35.5. The standard InChI is InChI=1S/C13H13ClFN3O/c1-7-8(2)17-18-13(9(7)6-16)19-11-5-3-4-10(14)12(11)15/h3-5H,6,16H2,1-2H3. The summed E-state index contributed by atoms with van der Waals surface area (Å²) < 4.78 is 19.2. The number of aromatic nitrogens is 2. The van der Waals surface area contributed by atoms with Crippen molar-refractivity contribution >= 4 is 11.6 Å². The molecule has 0 unspecified atom stereocenters. The van der Waals surface area contributed by atoms with Crippen molar-refractivity contribution in [3.63, 3.8) is 0 Å². The highest BCUT2D eigenvalue weighted by molar-refractivity contribution is 6.30. The van der Waals surface area contributed by atoms with E-state index in [-0.39, 0.29) is 23.2 Å². The molecule has 6 heteroatoms. The van der Waals surface area contributed by atoms with Crippen LogP contribution in [0.1, 0.15) is 16.8 Å². The Morgan fingerprint density at radius 3 is 2.74 bits per heavy atom. The Morgan fingerprint density at radius 2 is 2.05 bits per heavy atom. The summed E-state index contributed by atoms with van der Waals surface area (Å²) in [6.45, 7) is 3.93. The first-order valence-electron chi connectivity index (χ1n) is 5.69. The number of hydrogen-bond acceptors (Lipinski definition) is 4. The van der Waals surface area contributed by atoms with Gasteiger partial charge in [0.05, 0.1) is 10.7 Å². The van der Waals surface area contributed by atoms with Crippen LogP contribution < -0.4 is 10.5 Å². The van der Waals surface area contributed by atoms with Crippen molar-refractivity contribution in [3.05, 3.63) is 45.9 Å². The van der Waals surface area contributed by atoms with E-state index >= 15 is 0 Å². The predicted molar refractivity (Wildman–Crippen MR) is 70.9 cm³/mol. The molecule has 0 amide bonds. The molecule has 100 valence electrons. The van der Waals surface area contributed by atoms with Crippen LogP contribution in [-0.2, 0) is 6.54 Å². The van der Waals surface area contributed by atoms with Gasteiger partial charge in [-0.1, -0.05) is 17.7 Å². The molecule has 2 N–H and O–H groups in total. The van der Waals surface area contributed by atoms with Gasteiger partial charge in [0.1, 0.15) is 0 Å². The smallest absolute Gasteiger partial charge is 0.243 e. The zero-order chi connectivity index (χ0) is 14.0. The van der Waals surface area contributed by atoms with Crippen LogP contribution in [0.5, 0.6) is 11.6 Å². The monoisotopic (exact) mass is 281 g/mol. The fraction of sp³-hybridized carbons (Fsp3) is 0.231. The van der Waals surface area contributed by atoms with E-state index in [0.29, 0.717) is 5.56 Å². The molecule has 0 atom stereocenters. The minimum absolute atomic E-state index is 0.000229. The molecule has 2 rings (SSSR count). The van der Waals surface area contributed by atoms with Crippen molar-refractivity contribution in [2.45, 2.75) is 20.4 Å². The van der Waals surface area contributed by atoms with E-state index < -0.39 is 5.82 Å². The van der Waals surface area contributed by atoms with Crippen molar-refractivity contribution in [1.29, 1.82) is 0 Å². The van der Waals surface area contributed by atoms with E-state index in [2.05, 4.69) is 10.2 Å². The largest absolute Gasteiger partial charge is 0.434 e. The second kappa shape index (κ2) is 5.50. The summed E-state index contributed by atoms with van der Waals surface area (Å²) in [6, 6.07) is 4.51.